The number of aryl methyl sites for hydroxylation is 3. The van der Waals surface area contributed by atoms with E-state index >= 15 is 0 Å². The Morgan fingerprint density at radius 1 is 0.955 bits per heavy atom. The lowest BCUT2D eigenvalue weighted by Gasteiger charge is -2.10. The first-order valence-electron chi connectivity index (χ1n) is 6.94. The van der Waals surface area contributed by atoms with E-state index in [9.17, 15) is 13.2 Å². The van der Waals surface area contributed by atoms with Crippen LogP contribution < -0.4 is 5.32 Å². The minimum atomic E-state index is -3.63. The molecular weight excluding hydrogens is 298 g/mol. The smallest absolute Gasteiger partial charge is 0.239 e. The molecule has 0 aromatic heterocycles. The Morgan fingerprint density at radius 3 is 2.14 bits per heavy atom. The van der Waals surface area contributed by atoms with Gasteiger partial charge in [-0.05, 0) is 44.5 Å². The fraction of sp³-hybridized carbons (Fsp3) is 0.235. The van der Waals surface area contributed by atoms with E-state index < -0.39 is 21.5 Å². The molecule has 1 N–H and O–H groups in total. The number of hydrogen-bond donors (Lipinski definition) is 1. The van der Waals surface area contributed by atoms with E-state index in [0.717, 1.165) is 16.7 Å². The molecule has 2 rings (SSSR count). The average molecular weight is 317 g/mol. The normalized spacial score (nSPS) is 11.2. The van der Waals surface area contributed by atoms with Crippen molar-refractivity contribution in [2.75, 3.05) is 11.1 Å². The summed E-state index contributed by atoms with van der Waals surface area (Å²) < 4.78 is 24.4. The molecule has 0 fully saturated rings. The van der Waals surface area contributed by atoms with Gasteiger partial charge in [-0.1, -0.05) is 35.4 Å². The Hall–Kier alpha value is -2.14. The van der Waals surface area contributed by atoms with Crippen LogP contribution in [-0.2, 0) is 14.6 Å². The van der Waals surface area contributed by atoms with E-state index in [1.807, 2.05) is 32.9 Å². The van der Waals surface area contributed by atoms with E-state index in [0.29, 0.717) is 5.69 Å². The van der Waals surface area contributed by atoms with Crippen LogP contribution in [0.3, 0.4) is 0 Å². The minimum Gasteiger partial charge on any atom is -0.325 e. The lowest BCUT2D eigenvalue weighted by molar-refractivity contribution is -0.113. The van der Waals surface area contributed by atoms with Crippen LogP contribution in [0.1, 0.15) is 16.7 Å². The Morgan fingerprint density at radius 2 is 1.55 bits per heavy atom. The number of sulfone groups is 1. The van der Waals surface area contributed by atoms with Crippen LogP contribution in [0, 0.1) is 20.8 Å². The van der Waals surface area contributed by atoms with Gasteiger partial charge in [-0.15, -0.1) is 0 Å². The first-order chi connectivity index (χ1) is 10.3. The van der Waals surface area contributed by atoms with Gasteiger partial charge in [-0.2, -0.15) is 0 Å². The molecule has 0 aliphatic carbocycles. The van der Waals surface area contributed by atoms with Crippen LogP contribution in [0.25, 0.3) is 0 Å². The molecule has 0 atom stereocenters. The number of carbonyl (C=O) groups is 1. The van der Waals surface area contributed by atoms with Gasteiger partial charge in [0.1, 0.15) is 5.75 Å². The molecule has 0 unspecified atom stereocenters. The van der Waals surface area contributed by atoms with Crippen LogP contribution in [0.15, 0.2) is 47.4 Å². The summed E-state index contributed by atoms with van der Waals surface area (Å²) in [5, 5.41) is 2.66. The Labute approximate surface area is 131 Å². The van der Waals surface area contributed by atoms with Gasteiger partial charge < -0.3 is 5.32 Å². The van der Waals surface area contributed by atoms with E-state index in [-0.39, 0.29) is 4.90 Å². The van der Waals surface area contributed by atoms with Crippen molar-refractivity contribution in [2.24, 2.45) is 0 Å². The zero-order valence-corrected chi connectivity index (χ0v) is 13.7. The molecule has 0 bridgehead atoms. The molecule has 0 aliphatic rings. The molecule has 0 aliphatic heterocycles. The van der Waals surface area contributed by atoms with Crippen LogP contribution in [0.2, 0.25) is 0 Å². The standard InChI is InChI=1S/C17H19NO3S/c1-12-4-7-15(8-5-12)22(20,21)11-17(19)18-16-9-6-13(2)10-14(16)3/h4-10H,11H2,1-3H3,(H,18,19). The molecule has 116 valence electrons. The van der Waals surface area contributed by atoms with Crippen molar-refractivity contribution in [1.29, 1.82) is 0 Å². The van der Waals surface area contributed by atoms with Gasteiger partial charge in [-0.25, -0.2) is 8.42 Å². The summed E-state index contributed by atoms with van der Waals surface area (Å²) in [6, 6.07) is 12.1. The second-order valence-electron chi connectivity index (χ2n) is 5.44. The van der Waals surface area contributed by atoms with Crippen LogP contribution in [0.5, 0.6) is 0 Å². The third-order valence-corrected chi connectivity index (χ3v) is 4.99. The highest BCUT2D eigenvalue weighted by molar-refractivity contribution is 7.92. The second kappa shape index (κ2) is 6.32. The summed E-state index contributed by atoms with van der Waals surface area (Å²) in [6.07, 6.45) is 0. The molecule has 0 saturated heterocycles. The highest BCUT2D eigenvalue weighted by Gasteiger charge is 2.19. The predicted octanol–water partition coefficient (Wildman–Crippen LogP) is 3.02. The first-order valence-corrected chi connectivity index (χ1v) is 8.60. The number of nitrogens with one attached hydrogen (secondary N) is 1. The van der Waals surface area contributed by atoms with Crippen LogP contribution >= 0.6 is 0 Å². The molecule has 22 heavy (non-hydrogen) atoms. The minimum absolute atomic E-state index is 0.161. The Balaban J connectivity index is 2.12. The number of anilines is 1. The maximum absolute atomic E-state index is 12.2. The number of carbonyl (C=O) groups excluding carboxylic acids is 1. The van der Waals surface area contributed by atoms with E-state index in [1.165, 1.54) is 12.1 Å². The first kappa shape index (κ1) is 16.2. The third kappa shape index (κ3) is 3.95. The Bertz CT molecular complexity index is 793. The van der Waals surface area contributed by atoms with E-state index in [2.05, 4.69) is 5.32 Å². The molecule has 4 nitrogen and oxygen atoms in total. The van der Waals surface area contributed by atoms with E-state index in [4.69, 9.17) is 0 Å². The number of rotatable bonds is 4. The summed E-state index contributed by atoms with van der Waals surface area (Å²) in [6.45, 7) is 5.71. The average Bonchev–Trinajstić information content (AvgIpc) is 2.42. The van der Waals surface area contributed by atoms with Gasteiger partial charge >= 0.3 is 0 Å². The van der Waals surface area contributed by atoms with Crippen molar-refractivity contribution in [3.8, 4) is 0 Å². The van der Waals surface area contributed by atoms with Crippen molar-refractivity contribution in [1.82, 2.24) is 0 Å². The fourth-order valence-corrected chi connectivity index (χ4v) is 3.28. The monoisotopic (exact) mass is 317 g/mol. The summed E-state index contributed by atoms with van der Waals surface area (Å²) in [5.74, 6) is -1.10. The predicted molar refractivity (Wildman–Crippen MR) is 87.8 cm³/mol. The lowest BCUT2D eigenvalue weighted by atomic mass is 10.1. The SMILES string of the molecule is Cc1ccc(S(=O)(=O)CC(=O)Nc2ccc(C)cc2C)cc1. The molecule has 0 heterocycles. The quantitative estimate of drug-likeness (QED) is 0.943. The summed E-state index contributed by atoms with van der Waals surface area (Å²) >= 11 is 0. The number of hydrogen-bond acceptors (Lipinski definition) is 3. The zero-order chi connectivity index (χ0) is 16.3. The van der Waals surface area contributed by atoms with Gasteiger partial charge in [0.25, 0.3) is 0 Å². The van der Waals surface area contributed by atoms with Crippen molar-refractivity contribution in [3.63, 3.8) is 0 Å². The van der Waals surface area contributed by atoms with Gasteiger partial charge in [0, 0.05) is 5.69 Å². The fourth-order valence-electron chi connectivity index (χ4n) is 2.14. The summed E-state index contributed by atoms with van der Waals surface area (Å²) in [5.41, 5.74) is 3.59. The second-order valence-corrected chi connectivity index (χ2v) is 7.43. The molecule has 5 heteroatoms. The Kier molecular flexibility index (Phi) is 4.66. The topological polar surface area (TPSA) is 63.2 Å². The summed E-state index contributed by atoms with van der Waals surface area (Å²) in [4.78, 5) is 12.2. The maximum Gasteiger partial charge on any atom is 0.239 e. The highest BCUT2D eigenvalue weighted by Crippen LogP contribution is 2.17. The molecule has 0 saturated carbocycles. The lowest BCUT2D eigenvalue weighted by Crippen LogP contribution is -2.23. The number of amides is 1. The number of benzene rings is 2. The van der Waals surface area contributed by atoms with Gasteiger partial charge in [0.05, 0.1) is 4.90 Å². The molecule has 2 aromatic carbocycles. The molecule has 0 radical (unpaired) electrons. The largest absolute Gasteiger partial charge is 0.325 e. The van der Waals surface area contributed by atoms with Crippen LogP contribution in [0.4, 0.5) is 5.69 Å². The molecule has 2 aromatic rings. The molecule has 1 amide bonds. The molecule has 0 spiro atoms. The summed E-state index contributed by atoms with van der Waals surface area (Å²) in [7, 11) is -3.63. The highest BCUT2D eigenvalue weighted by atomic mass is 32.2. The van der Waals surface area contributed by atoms with Gasteiger partial charge in [0.15, 0.2) is 9.84 Å². The zero-order valence-electron chi connectivity index (χ0n) is 12.9. The van der Waals surface area contributed by atoms with Crippen molar-refractivity contribution < 1.29 is 13.2 Å². The van der Waals surface area contributed by atoms with Gasteiger partial charge in [0.2, 0.25) is 5.91 Å². The van der Waals surface area contributed by atoms with E-state index in [1.54, 1.807) is 18.2 Å². The third-order valence-electron chi connectivity index (χ3n) is 3.36. The van der Waals surface area contributed by atoms with Crippen molar-refractivity contribution in [2.45, 2.75) is 25.7 Å². The van der Waals surface area contributed by atoms with Crippen molar-refractivity contribution >= 4 is 21.4 Å². The maximum atomic E-state index is 12.2. The van der Waals surface area contributed by atoms with Crippen molar-refractivity contribution in [3.05, 3.63) is 59.2 Å². The van der Waals surface area contributed by atoms with Gasteiger partial charge in [-0.3, -0.25) is 4.79 Å². The van der Waals surface area contributed by atoms with Crippen LogP contribution in [-0.4, -0.2) is 20.1 Å². The molecular formula is C17H19NO3S.